The first kappa shape index (κ1) is 22.1. The molecule has 0 saturated carbocycles. The second-order valence-corrected chi connectivity index (χ2v) is 9.65. The van der Waals surface area contributed by atoms with E-state index in [1.54, 1.807) is 30.6 Å². The molecule has 2 N–H and O–H groups in total. The fourth-order valence-corrected chi connectivity index (χ4v) is 5.12. The molecule has 0 radical (unpaired) electrons. The number of sulfonamides is 1. The summed E-state index contributed by atoms with van der Waals surface area (Å²) in [6.45, 7) is 3.10. The average Bonchev–Trinajstić information content (AvgIpc) is 2.82. The SMILES string of the molecule is C[C@H](CNCC(c1ccccc1)c1ccccc1)NS(=O)(=O)c1ccc2cnccc2c1. The van der Waals surface area contributed by atoms with Crippen LogP contribution in [0.5, 0.6) is 0 Å². The molecule has 164 valence electrons. The molecule has 0 unspecified atom stereocenters. The molecule has 4 aromatic rings. The lowest BCUT2D eigenvalue weighted by Crippen LogP contribution is -2.41. The third-order valence-corrected chi connectivity index (χ3v) is 7.07. The fraction of sp³-hybridized carbons (Fsp3) is 0.192. The summed E-state index contributed by atoms with van der Waals surface area (Å²) in [6.07, 6.45) is 3.39. The predicted molar refractivity (Wildman–Crippen MR) is 129 cm³/mol. The van der Waals surface area contributed by atoms with Crippen LogP contribution in [-0.4, -0.2) is 32.5 Å². The minimum absolute atomic E-state index is 0.190. The van der Waals surface area contributed by atoms with E-state index in [0.29, 0.717) is 13.1 Å². The van der Waals surface area contributed by atoms with Crippen molar-refractivity contribution < 1.29 is 8.42 Å². The number of pyridine rings is 1. The molecule has 0 aliphatic rings. The van der Waals surface area contributed by atoms with Crippen LogP contribution in [0, 0.1) is 0 Å². The van der Waals surface area contributed by atoms with E-state index in [9.17, 15) is 8.42 Å². The van der Waals surface area contributed by atoms with Crippen LogP contribution in [0.25, 0.3) is 10.8 Å². The normalized spacial score (nSPS) is 12.8. The molecule has 3 aromatic carbocycles. The summed E-state index contributed by atoms with van der Waals surface area (Å²) >= 11 is 0. The van der Waals surface area contributed by atoms with E-state index in [1.807, 2.05) is 49.4 Å². The summed E-state index contributed by atoms with van der Waals surface area (Å²) in [5.41, 5.74) is 2.45. The fourth-order valence-electron chi connectivity index (χ4n) is 3.85. The van der Waals surface area contributed by atoms with E-state index in [-0.39, 0.29) is 16.9 Å². The quantitative estimate of drug-likeness (QED) is 0.402. The highest BCUT2D eigenvalue weighted by Crippen LogP contribution is 2.23. The van der Waals surface area contributed by atoms with Crippen molar-refractivity contribution in [1.82, 2.24) is 15.0 Å². The van der Waals surface area contributed by atoms with Crippen molar-refractivity contribution in [3.63, 3.8) is 0 Å². The largest absolute Gasteiger partial charge is 0.314 e. The number of benzene rings is 3. The Balaban J connectivity index is 1.40. The summed E-state index contributed by atoms with van der Waals surface area (Å²) in [4.78, 5) is 4.33. The number of hydrogen-bond donors (Lipinski definition) is 2. The Hall–Kier alpha value is -3.06. The number of aromatic nitrogens is 1. The van der Waals surface area contributed by atoms with Crippen LogP contribution in [0.4, 0.5) is 0 Å². The van der Waals surface area contributed by atoms with E-state index in [4.69, 9.17) is 0 Å². The highest BCUT2D eigenvalue weighted by Gasteiger charge is 2.19. The Morgan fingerprint density at radius 1 is 0.812 bits per heavy atom. The topological polar surface area (TPSA) is 71.1 Å². The maximum absolute atomic E-state index is 12.9. The summed E-state index contributed by atoms with van der Waals surface area (Å²) in [7, 11) is -3.62. The zero-order valence-electron chi connectivity index (χ0n) is 18.0. The first-order valence-electron chi connectivity index (χ1n) is 10.7. The molecule has 4 rings (SSSR count). The Bertz CT molecular complexity index is 1220. The molecule has 0 aliphatic carbocycles. The summed E-state index contributed by atoms with van der Waals surface area (Å²) in [6, 6.07) is 27.3. The zero-order chi connectivity index (χ0) is 22.4. The highest BCUT2D eigenvalue weighted by molar-refractivity contribution is 7.89. The van der Waals surface area contributed by atoms with Gasteiger partial charge in [-0.15, -0.1) is 0 Å². The second-order valence-electron chi connectivity index (χ2n) is 7.94. The van der Waals surface area contributed by atoms with E-state index in [2.05, 4.69) is 39.3 Å². The lowest BCUT2D eigenvalue weighted by Gasteiger charge is -2.21. The molecule has 32 heavy (non-hydrogen) atoms. The molecular weight excluding hydrogens is 418 g/mol. The summed E-state index contributed by atoms with van der Waals surface area (Å²) in [5.74, 6) is 0.190. The van der Waals surface area contributed by atoms with Gasteiger partial charge in [-0.1, -0.05) is 66.7 Å². The van der Waals surface area contributed by atoms with Gasteiger partial charge in [0.2, 0.25) is 10.0 Å². The molecule has 1 atom stereocenters. The lowest BCUT2D eigenvalue weighted by atomic mass is 9.91. The van der Waals surface area contributed by atoms with E-state index >= 15 is 0 Å². The van der Waals surface area contributed by atoms with Crippen molar-refractivity contribution in [3.05, 3.63) is 108 Å². The average molecular weight is 446 g/mol. The Labute approximate surface area is 189 Å². The van der Waals surface area contributed by atoms with Crippen molar-refractivity contribution in [1.29, 1.82) is 0 Å². The van der Waals surface area contributed by atoms with Gasteiger partial charge >= 0.3 is 0 Å². The second kappa shape index (κ2) is 10.0. The van der Waals surface area contributed by atoms with Crippen LogP contribution in [0.1, 0.15) is 24.0 Å². The van der Waals surface area contributed by atoms with E-state index in [1.165, 1.54) is 11.1 Å². The number of nitrogens with zero attached hydrogens (tertiary/aromatic N) is 1. The molecule has 0 fully saturated rings. The Morgan fingerprint density at radius 2 is 1.47 bits per heavy atom. The Morgan fingerprint density at radius 3 is 2.12 bits per heavy atom. The van der Waals surface area contributed by atoms with Gasteiger partial charge < -0.3 is 5.32 Å². The highest BCUT2D eigenvalue weighted by atomic mass is 32.2. The van der Waals surface area contributed by atoms with Crippen LogP contribution in [0.2, 0.25) is 0 Å². The third kappa shape index (κ3) is 5.40. The van der Waals surface area contributed by atoms with E-state index in [0.717, 1.165) is 10.8 Å². The number of fused-ring (bicyclic) bond motifs is 1. The molecule has 0 aliphatic heterocycles. The standard InChI is InChI=1S/C26H27N3O2S/c1-20(29-32(30,31)25-13-12-24-18-27-15-14-23(24)16-25)17-28-19-26(21-8-4-2-5-9-21)22-10-6-3-7-11-22/h2-16,18,20,26,28-29H,17,19H2,1H3/t20-/m1/s1. The van der Waals surface area contributed by atoms with Crippen LogP contribution in [-0.2, 0) is 10.0 Å². The summed E-state index contributed by atoms with van der Waals surface area (Å²) < 4.78 is 28.5. The lowest BCUT2D eigenvalue weighted by molar-refractivity contribution is 0.529. The minimum Gasteiger partial charge on any atom is -0.314 e. The monoisotopic (exact) mass is 445 g/mol. The first-order chi connectivity index (χ1) is 15.5. The number of hydrogen-bond acceptors (Lipinski definition) is 4. The van der Waals surface area contributed by atoms with Crippen LogP contribution in [0.15, 0.2) is 102 Å². The molecule has 5 nitrogen and oxygen atoms in total. The van der Waals surface area contributed by atoms with Gasteiger partial charge in [0.15, 0.2) is 0 Å². The molecule has 6 heteroatoms. The molecular formula is C26H27N3O2S. The summed E-state index contributed by atoms with van der Waals surface area (Å²) in [5, 5.41) is 5.21. The zero-order valence-corrected chi connectivity index (χ0v) is 18.8. The van der Waals surface area contributed by atoms with Gasteiger partial charge in [0.25, 0.3) is 0 Å². The van der Waals surface area contributed by atoms with Crippen molar-refractivity contribution in [2.45, 2.75) is 23.8 Å². The number of rotatable bonds is 9. The predicted octanol–water partition coefficient (Wildman–Crippen LogP) is 4.32. The van der Waals surface area contributed by atoms with E-state index < -0.39 is 10.0 Å². The van der Waals surface area contributed by atoms with Gasteiger partial charge in [0.1, 0.15) is 0 Å². The van der Waals surface area contributed by atoms with Gasteiger partial charge in [-0.05, 0) is 41.6 Å². The molecule has 1 aromatic heterocycles. The van der Waals surface area contributed by atoms with Gasteiger partial charge in [-0.3, -0.25) is 4.98 Å². The van der Waals surface area contributed by atoms with Crippen molar-refractivity contribution >= 4 is 20.8 Å². The molecule has 0 bridgehead atoms. The number of nitrogens with one attached hydrogen (secondary N) is 2. The van der Waals surface area contributed by atoms with Crippen LogP contribution >= 0.6 is 0 Å². The van der Waals surface area contributed by atoms with Gasteiger partial charge in [-0.2, -0.15) is 0 Å². The smallest absolute Gasteiger partial charge is 0.240 e. The van der Waals surface area contributed by atoms with Gasteiger partial charge in [0, 0.05) is 42.8 Å². The van der Waals surface area contributed by atoms with Crippen molar-refractivity contribution in [2.75, 3.05) is 13.1 Å². The first-order valence-corrected chi connectivity index (χ1v) is 12.2. The minimum atomic E-state index is -3.62. The molecule has 1 heterocycles. The maximum Gasteiger partial charge on any atom is 0.240 e. The van der Waals surface area contributed by atoms with Crippen molar-refractivity contribution in [2.24, 2.45) is 0 Å². The Kier molecular flexibility index (Phi) is 6.95. The van der Waals surface area contributed by atoms with Crippen LogP contribution in [0.3, 0.4) is 0 Å². The van der Waals surface area contributed by atoms with Gasteiger partial charge in [-0.25, -0.2) is 13.1 Å². The van der Waals surface area contributed by atoms with Gasteiger partial charge in [0.05, 0.1) is 4.90 Å². The maximum atomic E-state index is 12.9. The third-order valence-electron chi connectivity index (χ3n) is 5.48. The van der Waals surface area contributed by atoms with Crippen LogP contribution < -0.4 is 10.0 Å². The molecule has 0 amide bonds. The molecule has 0 spiro atoms. The van der Waals surface area contributed by atoms with Crippen molar-refractivity contribution in [3.8, 4) is 0 Å². The molecule has 0 saturated heterocycles.